The predicted molar refractivity (Wildman–Crippen MR) is 114 cm³/mol. The van der Waals surface area contributed by atoms with E-state index in [4.69, 9.17) is 38.4 Å². The molecule has 2 N–H and O–H groups in total. The zero-order valence-electron chi connectivity index (χ0n) is 16.3. The highest BCUT2D eigenvalue weighted by Gasteiger charge is 2.38. The molecule has 0 fully saturated rings. The number of benzene rings is 2. The van der Waals surface area contributed by atoms with Gasteiger partial charge in [0.15, 0.2) is 11.5 Å². The number of halogens is 3. The van der Waals surface area contributed by atoms with E-state index < -0.39 is 5.92 Å². The monoisotopic (exact) mass is 458 g/mol. The number of hydrogen-bond acceptors (Lipinski definition) is 5. The molecular weight excluding hydrogens is 442 g/mol. The molecule has 2 aliphatic rings. The molecule has 2 aromatic rings. The van der Waals surface area contributed by atoms with Gasteiger partial charge in [-0.15, -0.1) is 0 Å². The fraction of sp³-hybridized carbons (Fsp3) is 0.217. The van der Waals surface area contributed by atoms with Crippen molar-refractivity contribution in [2.75, 3.05) is 0 Å². The molecule has 1 atom stereocenters. The number of nitrogens with zero attached hydrogens (tertiary/aromatic N) is 1. The van der Waals surface area contributed by atoms with Gasteiger partial charge in [0.1, 0.15) is 29.8 Å². The molecule has 0 amide bonds. The summed E-state index contributed by atoms with van der Waals surface area (Å²) >= 11 is 12.9. The Bertz CT molecular complexity index is 1140. The number of carbonyl (C=O) groups excluding carboxylic acids is 1. The van der Waals surface area contributed by atoms with Crippen molar-refractivity contribution in [3.63, 3.8) is 0 Å². The molecule has 8 heteroatoms. The number of allylic oxidation sites excluding steroid dienone is 3. The third-order valence-corrected chi connectivity index (χ3v) is 5.82. The van der Waals surface area contributed by atoms with E-state index in [-0.39, 0.29) is 45.5 Å². The van der Waals surface area contributed by atoms with Crippen molar-refractivity contribution in [1.29, 1.82) is 5.26 Å². The van der Waals surface area contributed by atoms with Crippen LogP contribution >= 0.6 is 23.2 Å². The fourth-order valence-corrected chi connectivity index (χ4v) is 4.42. The van der Waals surface area contributed by atoms with Crippen LogP contribution in [0.25, 0.3) is 0 Å². The van der Waals surface area contributed by atoms with Gasteiger partial charge in [-0.2, -0.15) is 5.26 Å². The maximum Gasteiger partial charge on any atom is 0.205 e. The molecule has 1 aliphatic carbocycles. The van der Waals surface area contributed by atoms with Crippen LogP contribution in [0.5, 0.6) is 5.75 Å². The first-order chi connectivity index (χ1) is 14.9. The Morgan fingerprint density at radius 1 is 1.19 bits per heavy atom. The number of ether oxygens (including phenoxy) is 2. The van der Waals surface area contributed by atoms with E-state index in [1.165, 1.54) is 12.1 Å². The second-order valence-electron chi connectivity index (χ2n) is 7.27. The summed E-state index contributed by atoms with van der Waals surface area (Å²) in [4.78, 5) is 12.7. The lowest BCUT2D eigenvalue weighted by atomic mass is 9.77. The molecule has 5 nitrogen and oxygen atoms in total. The summed E-state index contributed by atoms with van der Waals surface area (Å²) < 4.78 is 24.4. The van der Waals surface area contributed by atoms with Crippen LogP contribution in [0.2, 0.25) is 10.0 Å². The highest BCUT2D eigenvalue weighted by molar-refractivity contribution is 6.37. The van der Waals surface area contributed by atoms with E-state index >= 15 is 0 Å². The summed E-state index contributed by atoms with van der Waals surface area (Å²) in [5.74, 6) is -0.417. The van der Waals surface area contributed by atoms with Crippen LogP contribution in [0.15, 0.2) is 59.2 Å². The molecule has 0 aromatic heterocycles. The lowest BCUT2D eigenvalue weighted by molar-refractivity contribution is -0.116. The first kappa shape index (κ1) is 21.2. The van der Waals surface area contributed by atoms with Crippen molar-refractivity contribution >= 4 is 29.0 Å². The molecule has 158 valence electrons. The van der Waals surface area contributed by atoms with Gasteiger partial charge in [-0.1, -0.05) is 35.3 Å². The number of carbonyl (C=O) groups is 1. The van der Waals surface area contributed by atoms with Gasteiger partial charge in [-0.05, 0) is 41.8 Å². The van der Waals surface area contributed by atoms with Crippen LogP contribution in [0, 0.1) is 17.1 Å². The smallest absolute Gasteiger partial charge is 0.205 e. The van der Waals surface area contributed by atoms with Gasteiger partial charge in [0.2, 0.25) is 5.88 Å². The minimum absolute atomic E-state index is 0.0233. The quantitative estimate of drug-likeness (QED) is 0.650. The molecule has 0 saturated heterocycles. The zero-order chi connectivity index (χ0) is 22.1. The average Bonchev–Trinajstić information content (AvgIpc) is 2.73. The molecule has 0 spiro atoms. The molecule has 0 unspecified atom stereocenters. The Morgan fingerprint density at radius 2 is 1.87 bits per heavy atom. The Morgan fingerprint density at radius 3 is 2.52 bits per heavy atom. The van der Waals surface area contributed by atoms with Gasteiger partial charge in [0.25, 0.3) is 0 Å². The molecule has 0 radical (unpaired) electrons. The zero-order valence-corrected chi connectivity index (χ0v) is 17.8. The van der Waals surface area contributed by atoms with Crippen molar-refractivity contribution < 1.29 is 18.7 Å². The number of hydrogen-bond donors (Lipinski definition) is 1. The number of ketones is 1. The highest BCUT2D eigenvalue weighted by atomic mass is 35.5. The number of Topliss-reactive ketones (excluding diaryl/α,β-unsaturated/α-hetero) is 1. The molecule has 4 rings (SSSR count). The molecular formula is C23H17Cl2FN2O3. The van der Waals surface area contributed by atoms with Gasteiger partial charge >= 0.3 is 0 Å². The summed E-state index contributed by atoms with van der Waals surface area (Å²) in [6.45, 7) is 0.139. The normalized spacial score (nSPS) is 18.4. The van der Waals surface area contributed by atoms with Gasteiger partial charge in [0.05, 0.1) is 16.0 Å². The lowest BCUT2D eigenvalue weighted by Gasteiger charge is -2.31. The van der Waals surface area contributed by atoms with E-state index in [0.717, 1.165) is 5.56 Å². The van der Waals surface area contributed by atoms with Crippen molar-refractivity contribution in [1.82, 2.24) is 0 Å². The van der Waals surface area contributed by atoms with E-state index in [1.807, 2.05) is 0 Å². The molecule has 0 saturated carbocycles. The Kier molecular flexibility index (Phi) is 5.90. The van der Waals surface area contributed by atoms with Gasteiger partial charge < -0.3 is 15.2 Å². The highest BCUT2D eigenvalue weighted by Crippen LogP contribution is 2.46. The van der Waals surface area contributed by atoms with Crippen molar-refractivity contribution in [3.8, 4) is 11.8 Å². The first-order valence-corrected chi connectivity index (χ1v) is 10.3. The third kappa shape index (κ3) is 4.12. The first-order valence-electron chi connectivity index (χ1n) is 9.59. The fourth-order valence-electron chi connectivity index (χ4n) is 3.81. The lowest BCUT2D eigenvalue weighted by Crippen LogP contribution is -2.27. The standard InChI is InChI=1S/C23H17Cl2FN2O3/c24-16-8-13(9-17(25)22(16)30-11-12-4-6-14(26)7-5-12)20-15(10-27)23(28)31-19-3-1-2-18(29)21(19)20/h4-9,20H,1-3,11,28H2/t20-/m0/s1. The Hall–Kier alpha value is -3.01. The van der Waals surface area contributed by atoms with Crippen LogP contribution in [0.3, 0.4) is 0 Å². The summed E-state index contributed by atoms with van der Waals surface area (Å²) in [6, 6.07) is 11.2. The SMILES string of the molecule is N#CC1=C(N)OC2=C(C(=O)CCC2)[C@H]1c1cc(Cl)c(OCc2ccc(F)cc2)c(Cl)c1. The van der Waals surface area contributed by atoms with Crippen molar-refractivity contribution in [2.45, 2.75) is 31.8 Å². The average molecular weight is 459 g/mol. The summed E-state index contributed by atoms with van der Waals surface area (Å²) in [6.07, 6.45) is 1.60. The Balaban J connectivity index is 1.69. The minimum atomic E-state index is -0.706. The van der Waals surface area contributed by atoms with Crippen LogP contribution in [0.4, 0.5) is 4.39 Å². The maximum absolute atomic E-state index is 13.1. The van der Waals surface area contributed by atoms with Gasteiger partial charge in [-0.25, -0.2) is 4.39 Å². The van der Waals surface area contributed by atoms with Crippen LogP contribution in [-0.2, 0) is 16.1 Å². The molecule has 31 heavy (non-hydrogen) atoms. The van der Waals surface area contributed by atoms with E-state index in [1.54, 1.807) is 24.3 Å². The largest absolute Gasteiger partial charge is 0.486 e. The third-order valence-electron chi connectivity index (χ3n) is 5.26. The van der Waals surface area contributed by atoms with E-state index in [0.29, 0.717) is 36.2 Å². The summed E-state index contributed by atoms with van der Waals surface area (Å²) in [5, 5.41) is 10.1. The minimum Gasteiger partial charge on any atom is -0.486 e. The second-order valence-corrected chi connectivity index (χ2v) is 8.08. The van der Waals surface area contributed by atoms with E-state index in [9.17, 15) is 14.4 Å². The van der Waals surface area contributed by atoms with Gasteiger partial charge in [-0.3, -0.25) is 4.79 Å². The Labute approximate surface area is 188 Å². The maximum atomic E-state index is 13.1. The van der Waals surface area contributed by atoms with Gasteiger partial charge in [0, 0.05) is 18.4 Å². The molecule has 2 aromatic carbocycles. The van der Waals surface area contributed by atoms with Crippen molar-refractivity contribution in [2.24, 2.45) is 5.73 Å². The van der Waals surface area contributed by atoms with Crippen LogP contribution in [-0.4, -0.2) is 5.78 Å². The summed E-state index contributed by atoms with van der Waals surface area (Å²) in [5.41, 5.74) is 7.82. The van der Waals surface area contributed by atoms with Crippen LogP contribution < -0.4 is 10.5 Å². The molecule has 1 heterocycles. The number of nitriles is 1. The summed E-state index contributed by atoms with van der Waals surface area (Å²) in [7, 11) is 0. The molecule has 1 aliphatic heterocycles. The van der Waals surface area contributed by atoms with Crippen molar-refractivity contribution in [3.05, 3.63) is 86.2 Å². The second kappa shape index (κ2) is 8.62. The van der Waals surface area contributed by atoms with E-state index in [2.05, 4.69) is 6.07 Å². The van der Waals surface area contributed by atoms with Crippen LogP contribution in [0.1, 0.15) is 36.3 Å². The topological polar surface area (TPSA) is 85.3 Å². The molecule has 0 bridgehead atoms. The number of nitrogens with two attached hydrogens (primary N) is 1. The number of rotatable bonds is 4. The predicted octanol–water partition coefficient (Wildman–Crippen LogP) is 5.53.